The van der Waals surface area contributed by atoms with E-state index in [0.29, 0.717) is 19.0 Å². The molecular formula is C25H32N6O2S. The number of hydrogen-bond acceptors (Lipinski definition) is 8. The molecule has 34 heavy (non-hydrogen) atoms. The summed E-state index contributed by atoms with van der Waals surface area (Å²) in [6.07, 6.45) is 2.49. The number of thiophene rings is 1. The highest BCUT2D eigenvalue weighted by atomic mass is 32.1. The number of aryl methyl sites for hydroxylation is 1. The number of rotatable bonds is 7. The lowest BCUT2D eigenvalue weighted by Gasteiger charge is -2.20. The molecule has 0 radical (unpaired) electrons. The van der Waals surface area contributed by atoms with Gasteiger partial charge in [0.2, 0.25) is 0 Å². The highest BCUT2D eigenvalue weighted by molar-refractivity contribution is 7.22. The maximum Gasteiger partial charge on any atom is 0.152 e. The number of aromatic nitrogens is 3. The van der Waals surface area contributed by atoms with Crippen molar-refractivity contribution in [1.29, 1.82) is 0 Å². The SMILES string of the molecule is CCOCc1c(-c2cc3cc(C)cc(OC)c3s2)c2c(N)ncnn2c1CN1CCC(C)(N)C1. The van der Waals surface area contributed by atoms with Crippen LogP contribution < -0.4 is 16.2 Å². The summed E-state index contributed by atoms with van der Waals surface area (Å²) in [6, 6.07) is 6.47. The molecule has 4 aromatic rings. The monoisotopic (exact) mass is 480 g/mol. The zero-order valence-corrected chi connectivity index (χ0v) is 21.0. The number of nitrogen functional groups attached to an aromatic ring is 1. The van der Waals surface area contributed by atoms with Gasteiger partial charge in [-0.05, 0) is 50.3 Å². The summed E-state index contributed by atoms with van der Waals surface area (Å²) in [7, 11) is 1.72. The molecule has 0 amide bonds. The fraction of sp³-hybridized carbons (Fsp3) is 0.440. The summed E-state index contributed by atoms with van der Waals surface area (Å²) in [4.78, 5) is 7.82. The van der Waals surface area contributed by atoms with Crippen molar-refractivity contribution >= 4 is 32.8 Å². The van der Waals surface area contributed by atoms with Crippen LogP contribution in [-0.2, 0) is 17.9 Å². The molecule has 1 saturated heterocycles. The standard InChI is InChI=1S/C25H32N6O2S/c1-5-33-12-17-18(11-30-7-6-25(3,27)13-30)31-22(24(26)28-14-29-31)21(17)20-10-16-8-15(2)9-19(32-4)23(16)34-20/h8-10,14H,5-7,11-13,27H2,1-4H3,(H2,26,28,29). The molecule has 4 heterocycles. The van der Waals surface area contributed by atoms with Crippen LogP contribution in [0, 0.1) is 6.92 Å². The van der Waals surface area contributed by atoms with E-state index in [2.05, 4.69) is 47.0 Å². The van der Waals surface area contributed by atoms with Crippen LogP contribution >= 0.6 is 11.3 Å². The van der Waals surface area contributed by atoms with Crippen molar-refractivity contribution in [3.05, 3.63) is 41.3 Å². The molecule has 4 N–H and O–H groups in total. The molecule has 5 rings (SSSR count). The van der Waals surface area contributed by atoms with Gasteiger partial charge in [0.1, 0.15) is 17.6 Å². The van der Waals surface area contributed by atoms with Gasteiger partial charge in [0.05, 0.1) is 24.1 Å². The highest BCUT2D eigenvalue weighted by Crippen LogP contribution is 2.44. The van der Waals surface area contributed by atoms with Crippen LogP contribution in [0.15, 0.2) is 24.5 Å². The molecule has 8 nitrogen and oxygen atoms in total. The van der Waals surface area contributed by atoms with E-state index < -0.39 is 0 Å². The zero-order chi connectivity index (χ0) is 24.0. The van der Waals surface area contributed by atoms with E-state index in [4.69, 9.17) is 20.9 Å². The van der Waals surface area contributed by atoms with Crippen LogP contribution in [0.25, 0.3) is 26.0 Å². The van der Waals surface area contributed by atoms with Crippen molar-refractivity contribution in [1.82, 2.24) is 19.5 Å². The van der Waals surface area contributed by atoms with E-state index in [1.54, 1.807) is 18.4 Å². The smallest absolute Gasteiger partial charge is 0.152 e. The Labute approximate surface area is 203 Å². The quantitative estimate of drug-likeness (QED) is 0.412. The Bertz CT molecular complexity index is 1360. The number of ether oxygens (including phenoxy) is 2. The Kier molecular flexibility index (Phi) is 5.97. The minimum atomic E-state index is -0.177. The second kappa shape index (κ2) is 8.81. The summed E-state index contributed by atoms with van der Waals surface area (Å²) >= 11 is 1.70. The van der Waals surface area contributed by atoms with Crippen molar-refractivity contribution in [2.24, 2.45) is 5.73 Å². The molecule has 0 saturated carbocycles. The zero-order valence-electron chi connectivity index (χ0n) is 20.2. The molecular weight excluding hydrogens is 448 g/mol. The van der Waals surface area contributed by atoms with E-state index in [-0.39, 0.29) is 5.54 Å². The number of fused-ring (bicyclic) bond motifs is 2. The molecule has 1 aliphatic heterocycles. The third-order valence-corrected chi connectivity index (χ3v) is 7.74. The van der Waals surface area contributed by atoms with Gasteiger partial charge in [-0.1, -0.05) is 6.07 Å². The minimum absolute atomic E-state index is 0.177. The van der Waals surface area contributed by atoms with Gasteiger partial charge >= 0.3 is 0 Å². The van der Waals surface area contributed by atoms with Gasteiger partial charge in [-0.2, -0.15) is 5.10 Å². The average Bonchev–Trinajstić information content (AvgIpc) is 3.45. The van der Waals surface area contributed by atoms with Crippen molar-refractivity contribution in [3.63, 3.8) is 0 Å². The second-order valence-electron chi connectivity index (χ2n) is 9.45. The summed E-state index contributed by atoms with van der Waals surface area (Å²) in [5, 5.41) is 5.78. The Morgan fingerprint density at radius 2 is 2.09 bits per heavy atom. The summed E-state index contributed by atoms with van der Waals surface area (Å²) < 4.78 is 14.7. The van der Waals surface area contributed by atoms with Crippen LogP contribution in [0.5, 0.6) is 5.75 Å². The predicted molar refractivity (Wildman–Crippen MR) is 137 cm³/mol. The number of anilines is 1. The third-order valence-electron chi connectivity index (χ3n) is 6.56. The Balaban J connectivity index is 1.73. The fourth-order valence-electron chi connectivity index (χ4n) is 4.98. The minimum Gasteiger partial charge on any atom is -0.495 e. The van der Waals surface area contributed by atoms with E-state index in [0.717, 1.165) is 74.7 Å². The largest absolute Gasteiger partial charge is 0.495 e. The first-order chi connectivity index (χ1) is 16.3. The van der Waals surface area contributed by atoms with Crippen molar-refractivity contribution in [2.45, 2.75) is 45.9 Å². The molecule has 180 valence electrons. The van der Waals surface area contributed by atoms with Gasteiger partial charge in [0.15, 0.2) is 5.82 Å². The van der Waals surface area contributed by atoms with Crippen LogP contribution in [0.2, 0.25) is 0 Å². The average molecular weight is 481 g/mol. The van der Waals surface area contributed by atoms with Crippen LogP contribution in [0.4, 0.5) is 5.82 Å². The van der Waals surface area contributed by atoms with Gasteiger partial charge in [-0.3, -0.25) is 4.90 Å². The number of nitrogens with two attached hydrogens (primary N) is 2. The van der Waals surface area contributed by atoms with Gasteiger partial charge in [0, 0.05) is 47.8 Å². The number of hydrogen-bond donors (Lipinski definition) is 2. The Hall–Kier alpha value is -2.72. The summed E-state index contributed by atoms with van der Waals surface area (Å²) in [6.45, 7) is 9.81. The molecule has 0 spiro atoms. The molecule has 1 atom stereocenters. The lowest BCUT2D eigenvalue weighted by molar-refractivity contribution is 0.133. The molecule has 9 heteroatoms. The third kappa shape index (κ3) is 4.02. The molecule has 0 aliphatic carbocycles. The maximum atomic E-state index is 6.46. The lowest BCUT2D eigenvalue weighted by Crippen LogP contribution is -2.39. The number of methoxy groups -OCH3 is 1. The van der Waals surface area contributed by atoms with Crippen molar-refractivity contribution < 1.29 is 9.47 Å². The van der Waals surface area contributed by atoms with E-state index in [9.17, 15) is 0 Å². The molecule has 1 unspecified atom stereocenters. The maximum absolute atomic E-state index is 6.46. The van der Waals surface area contributed by atoms with Gasteiger partial charge < -0.3 is 20.9 Å². The Morgan fingerprint density at radius 1 is 1.26 bits per heavy atom. The molecule has 1 fully saturated rings. The van der Waals surface area contributed by atoms with Gasteiger partial charge in [0.25, 0.3) is 0 Å². The Morgan fingerprint density at radius 3 is 2.79 bits per heavy atom. The second-order valence-corrected chi connectivity index (χ2v) is 10.5. The normalized spacial score (nSPS) is 19.0. The first kappa shape index (κ1) is 23.0. The van der Waals surface area contributed by atoms with Gasteiger partial charge in [-0.15, -0.1) is 11.3 Å². The van der Waals surface area contributed by atoms with E-state index in [1.165, 1.54) is 6.33 Å². The molecule has 1 aliphatic rings. The number of benzene rings is 1. The highest BCUT2D eigenvalue weighted by Gasteiger charge is 2.32. The van der Waals surface area contributed by atoms with Crippen LogP contribution in [0.3, 0.4) is 0 Å². The summed E-state index contributed by atoms with van der Waals surface area (Å²) in [5.41, 5.74) is 17.9. The van der Waals surface area contributed by atoms with E-state index >= 15 is 0 Å². The fourth-order valence-corrected chi connectivity index (χ4v) is 6.18. The topological polar surface area (TPSA) is 104 Å². The first-order valence-electron chi connectivity index (χ1n) is 11.6. The summed E-state index contributed by atoms with van der Waals surface area (Å²) in [5.74, 6) is 1.34. The molecule has 0 bridgehead atoms. The predicted octanol–water partition coefficient (Wildman–Crippen LogP) is 3.97. The van der Waals surface area contributed by atoms with Crippen LogP contribution in [0.1, 0.15) is 37.1 Å². The van der Waals surface area contributed by atoms with E-state index in [1.807, 2.05) is 11.4 Å². The van der Waals surface area contributed by atoms with Crippen LogP contribution in [-0.4, -0.2) is 51.8 Å². The van der Waals surface area contributed by atoms with Crippen molar-refractivity contribution in [3.8, 4) is 16.2 Å². The lowest BCUT2D eigenvalue weighted by atomic mass is 10.0. The van der Waals surface area contributed by atoms with Gasteiger partial charge in [-0.25, -0.2) is 9.50 Å². The number of nitrogens with zero attached hydrogens (tertiary/aromatic N) is 4. The number of likely N-dealkylation sites (tertiary alicyclic amines) is 1. The molecule has 1 aromatic carbocycles. The van der Waals surface area contributed by atoms with Crippen molar-refractivity contribution in [2.75, 3.05) is 32.5 Å². The molecule has 3 aromatic heterocycles. The first-order valence-corrected chi connectivity index (χ1v) is 12.4.